The Morgan fingerprint density at radius 2 is 2.58 bits per heavy atom. The van der Waals surface area contributed by atoms with E-state index in [0.29, 0.717) is 6.04 Å². The standard InChI is InChI=1S/C14H19N3OS/c1-11(7-12-3-2-6-19-12)17-10-16-8-13(17)14-9-15-4-5-18-14/h2-3,6,8,10-11,14-15H,4-5,7,9H2,1H3. The fourth-order valence-electron chi connectivity index (χ4n) is 2.51. The number of aromatic nitrogens is 2. The maximum Gasteiger partial charge on any atom is 0.111 e. The Kier molecular flexibility index (Phi) is 3.96. The second-order valence-electron chi connectivity index (χ2n) is 4.92. The van der Waals surface area contributed by atoms with Crippen molar-refractivity contribution in [1.29, 1.82) is 0 Å². The molecule has 0 radical (unpaired) electrons. The van der Waals surface area contributed by atoms with Gasteiger partial charge in [0.15, 0.2) is 0 Å². The molecule has 19 heavy (non-hydrogen) atoms. The maximum absolute atomic E-state index is 5.83. The summed E-state index contributed by atoms with van der Waals surface area (Å²) in [5, 5.41) is 5.50. The van der Waals surface area contributed by atoms with E-state index >= 15 is 0 Å². The maximum atomic E-state index is 5.83. The minimum atomic E-state index is 0.127. The summed E-state index contributed by atoms with van der Waals surface area (Å²) in [6, 6.07) is 4.70. The van der Waals surface area contributed by atoms with E-state index in [1.54, 1.807) is 0 Å². The normalized spacial score (nSPS) is 21.4. The molecule has 0 aliphatic carbocycles. The van der Waals surface area contributed by atoms with Crippen LogP contribution in [0.25, 0.3) is 0 Å². The zero-order chi connectivity index (χ0) is 13.1. The monoisotopic (exact) mass is 277 g/mol. The van der Waals surface area contributed by atoms with Gasteiger partial charge in [-0.1, -0.05) is 6.07 Å². The van der Waals surface area contributed by atoms with Gasteiger partial charge in [-0.05, 0) is 18.4 Å². The number of rotatable bonds is 4. The third-order valence-corrected chi connectivity index (χ3v) is 4.40. The van der Waals surface area contributed by atoms with Gasteiger partial charge in [-0.15, -0.1) is 11.3 Å². The molecule has 1 aliphatic heterocycles. The first-order chi connectivity index (χ1) is 9.34. The summed E-state index contributed by atoms with van der Waals surface area (Å²) < 4.78 is 8.08. The highest BCUT2D eigenvalue weighted by Crippen LogP contribution is 2.24. The Balaban J connectivity index is 1.75. The van der Waals surface area contributed by atoms with E-state index in [1.165, 1.54) is 10.6 Å². The first-order valence-electron chi connectivity index (χ1n) is 6.71. The molecule has 0 amide bonds. The minimum absolute atomic E-state index is 0.127. The molecule has 0 spiro atoms. The van der Waals surface area contributed by atoms with E-state index < -0.39 is 0 Å². The molecule has 2 unspecified atom stereocenters. The van der Waals surface area contributed by atoms with Crippen LogP contribution in [0.1, 0.15) is 29.6 Å². The van der Waals surface area contributed by atoms with E-state index in [0.717, 1.165) is 26.1 Å². The predicted molar refractivity (Wildman–Crippen MR) is 76.5 cm³/mol. The lowest BCUT2D eigenvalue weighted by Gasteiger charge is -2.26. The van der Waals surface area contributed by atoms with Crippen LogP contribution in [0.2, 0.25) is 0 Å². The molecule has 0 saturated carbocycles. The van der Waals surface area contributed by atoms with Crippen molar-refractivity contribution in [2.75, 3.05) is 19.7 Å². The molecule has 0 bridgehead atoms. The molecule has 1 N–H and O–H groups in total. The number of morpholine rings is 1. The average Bonchev–Trinajstić information content (AvgIpc) is 3.10. The van der Waals surface area contributed by atoms with Crippen LogP contribution < -0.4 is 5.32 Å². The smallest absolute Gasteiger partial charge is 0.111 e. The fraction of sp³-hybridized carbons (Fsp3) is 0.500. The van der Waals surface area contributed by atoms with Crippen molar-refractivity contribution in [1.82, 2.24) is 14.9 Å². The number of ether oxygens (including phenoxy) is 1. The third kappa shape index (κ3) is 2.88. The molecule has 2 aromatic rings. The van der Waals surface area contributed by atoms with Crippen LogP contribution in [0.3, 0.4) is 0 Å². The zero-order valence-electron chi connectivity index (χ0n) is 11.1. The second kappa shape index (κ2) is 5.86. The van der Waals surface area contributed by atoms with E-state index in [9.17, 15) is 0 Å². The van der Waals surface area contributed by atoms with Crippen molar-refractivity contribution in [3.8, 4) is 0 Å². The molecule has 5 heteroatoms. The van der Waals surface area contributed by atoms with Crippen LogP contribution in [0, 0.1) is 0 Å². The van der Waals surface area contributed by atoms with Gasteiger partial charge in [0.2, 0.25) is 0 Å². The number of nitrogens with zero attached hydrogens (tertiary/aromatic N) is 2. The van der Waals surface area contributed by atoms with Crippen LogP contribution >= 0.6 is 11.3 Å². The Bertz CT molecular complexity index is 503. The number of thiophene rings is 1. The molecule has 2 aromatic heterocycles. The molecular formula is C14H19N3OS. The van der Waals surface area contributed by atoms with Crippen LogP contribution in [0.15, 0.2) is 30.0 Å². The first-order valence-corrected chi connectivity index (χ1v) is 7.59. The van der Waals surface area contributed by atoms with Crippen LogP contribution in [0.4, 0.5) is 0 Å². The quantitative estimate of drug-likeness (QED) is 0.933. The fourth-order valence-corrected chi connectivity index (χ4v) is 3.33. The number of imidazole rings is 1. The van der Waals surface area contributed by atoms with Crippen molar-refractivity contribution in [3.05, 3.63) is 40.6 Å². The SMILES string of the molecule is CC(Cc1cccs1)n1cncc1C1CNCCO1. The Hall–Kier alpha value is -1.17. The van der Waals surface area contributed by atoms with Gasteiger partial charge in [0, 0.05) is 30.4 Å². The third-order valence-electron chi connectivity index (χ3n) is 3.51. The van der Waals surface area contributed by atoms with Gasteiger partial charge >= 0.3 is 0 Å². The highest BCUT2D eigenvalue weighted by Gasteiger charge is 2.21. The Morgan fingerprint density at radius 3 is 3.32 bits per heavy atom. The molecule has 102 valence electrons. The van der Waals surface area contributed by atoms with E-state index in [4.69, 9.17) is 4.74 Å². The molecule has 4 nitrogen and oxygen atoms in total. The van der Waals surface area contributed by atoms with E-state index in [-0.39, 0.29) is 6.10 Å². The molecule has 1 aliphatic rings. The van der Waals surface area contributed by atoms with Gasteiger partial charge in [-0.2, -0.15) is 0 Å². The van der Waals surface area contributed by atoms with Gasteiger partial charge in [0.1, 0.15) is 6.10 Å². The van der Waals surface area contributed by atoms with Gasteiger partial charge in [-0.3, -0.25) is 0 Å². The summed E-state index contributed by atoms with van der Waals surface area (Å²) in [6.07, 6.45) is 5.03. The lowest BCUT2D eigenvalue weighted by Crippen LogP contribution is -2.34. The molecule has 1 fully saturated rings. The van der Waals surface area contributed by atoms with Crippen LogP contribution in [-0.2, 0) is 11.2 Å². The van der Waals surface area contributed by atoms with Gasteiger partial charge < -0.3 is 14.6 Å². The van der Waals surface area contributed by atoms with E-state index in [2.05, 4.69) is 39.3 Å². The highest BCUT2D eigenvalue weighted by molar-refractivity contribution is 7.09. The van der Waals surface area contributed by atoms with E-state index in [1.807, 2.05) is 23.9 Å². The van der Waals surface area contributed by atoms with Crippen LogP contribution in [0.5, 0.6) is 0 Å². The van der Waals surface area contributed by atoms with Crippen molar-refractivity contribution in [2.45, 2.75) is 25.5 Å². The first kappa shape index (κ1) is 12.8. The lowest BCUT2D eigenvalue weighted by molar-refractivity contribution is 0.0221. The summed E-state index contributed by atoms with van der Waals surface area (Å²) in [5.41, 5.74) is 1.18. The van der Waals surface area contributed by atoms with Gasteiger partial charge in [-0.25, -0.2) is 4.98 Å². The second-order valence-corrected chi connectivity index (χ2v) is 5.95. The summed E-state index contributed by atoms with van der Waals surface area (Å²) in [5.74, 6) is 0. The largest absolute Gasteiger partial charge is 0.369 e. The molecular weight excluding hydrogens is 258 g/mol. The van der Waals surface area contributed by atoms with Crippen molar-refractivity contribution in [2.24, 2.45) is 0 Å². The summed E-state index contributed by atoms with van der Waals surface area (Å²) in [6.45, 7) is 4.82. The molecule has 2 atom stereocenters. The number of hydrogen-bond acceptors (Lipinski definition) is 4. The van der Waals surface area contributed by atoms with Crippen molar-refractivity contribution in [3.63, 3.8) is 0 Å². The summed E-state index contributed by atoms with van der Waals surface area (Å²) >= 11 is 1.81. The van der Waals surface area contributed by atoms with Crippen molar-refractivity contribution >= 4 is 11.3 Å². The summed E-state index contributed by atoms with van der Waals surface area (Å²) in [7, 11) is 0. The van der Waals surface area contributed by atoms with Crippen LogP contribution in [-0.4, -0.2) is 29.2 Å². The van der Waals surface area contributed by atoms with Gasteiger partial charge in [0.25, 0.3) is 0 Å². The van der Waals surface area contributed by atoms with Crippen molar-refractivity contribution < 1.29 is 4.74 Å². The topological polar surface area (TPSA) is 39.1 Å². The molecule has 1 saturated heterocycles. The number of hydrogen-bond donors (Lipinski definition) is 1. The molecule has 3 rings (SSSR count). The molecule has 0 aromatic carbocycles. The minimum Gasteiger partial charge on any atom is -0.369 e. The Morgan fingerprint density at radius 1 is 1.63 bits per heavy atom. The Labute approximate surface area is 117 Å². The predicted octanol–water partition coefficient (Wildman–Crippen LogP) is 2.41. The number of nitrogens with one attached hydrogen (secondary N) is 1. The average molecular weight is 277 g/mol. The highest BCUT2D eigenvalue weighted by atomic mass is 32.1. The zero-order valence-corrected chi connectivity index (χ0v) is 11.9. The summed E-state index contributed by atoms with van der Waals surface area (Å²) in [4.78, 5) is 5.72. The lowest BCUT2D eigenvalue weighted by atomic mass is 10.1. The molecule has 3 heterocycles. The van der Waals surface area contributed by atoms with Gasteiger partial charge in [0.05, 0.1) is 24.8 Å².